The Hall–Kier alpha value is 0.391. The van der Waals surface area contributed by atoms with Crippen LogP contribution >= 0.6 is 0 Å². The molecule has 2 aliphatic rings. The van der Waals surface area contributed by atoms with Crippen LogP contribution in [0.15, 0.2) is 18.2 Å². The molecule has 0 unspecified atom stereocenters. The molecule has 2 saturated heterocycles. The van der Waals surface area contributed by atoms with Crippen LogP contribution in [-0.4, -0.2) is 34.7 Å². The van der Waals surface area contributed by atoms with Gasteiger partial charge in [-0.2, -0.15) is 0 Å². The van der Waals surface area contributed by atoms with Crippen LogP contribution in [0.5, 0.6) is 0 Å². The standard InChI is InChI=1S/C15H26NSi.2C4H8O.2CH3.Lu/c1-11(2)13-9-8-10-14(12(3)4)15(13)16-17(5,6)7;2*1-2-4-5-3-1;;;/h8-12H,1-7H3;2*1-4H2;2*1H3;/q-1;;;2*-1;+3. The van der Waals surface area contributed by atoms with Crippen molar-refractivity contribution in [2.45, 2.75) is 84.9 Å². The number of nitrogens with zero attached hydrogens (tertiary/aromatic N) is 1. The Balaban J connectivity index is -0.000000461. The Kier molecular flexibility index (Phi) is 22.1. The fourth-order valence-electron chi connectivity index (χ4n) is 3.00. The molecule has 30 heavy (non-hydrogen) atoms. The van der Waals surface area contributed by atoms with E-state index in [0.717, 1.165) is 26.4 Å². The van der Waals surface area contributed by atoms with Crippen molar-refractivity contribution in [1.29, 1.82) is 0 Å². The van der Waals surface area contributed by atoms with Crippen LogP contribution in [0.25, 0.3) is 4.98 Å². The molecule has 0 N–H and O–H groups in total. The molecule has 184 valence electrons. The maximum absolute atomic E-state index is 5.07. The van der Waals surface area contributed by atoms with Gasteiger partial charge in [-0.05, 0) is 45.8 Å². The summed E-state index contributed by atoms with van der Waals surface area (Å²) in [7, 11) is -1.43. The first kappa shape index (κ1) is 35.0. The maximum Gasteiger partial charge on any atom is 3.00 e. The van der Waals surface area contributed by atoms with E-state index < -0.39 is 8.24 Å². The predicted octanol–water partition coefficient (Wildman–Crippen LogP) is 8.27. The Labute approximate surface area is 219 Å². The summed E-state index contributed by atoms with van der Waals surface area (Å²) in [5.41, 5.74) is 4.08. The topological polar surface area (TPSA) is 32.6 Å². The van der Waals surface area contributed by atoms with Gasteiger partial charge in [-0.3, -0.25) is 0 Å². The molecule has 5 heteroatoms. The van der Waals surface area contributed by atoms with Gasteiger partial charge < -0.3 is 29.3 Å². The predicted molar refractivity (Wildman–Crippen MR) is 134 cm³/mol. The molecule has 2 aliphatic heterocycles. The molecule has 2 fully saturated rings. The number of rotatable bonds is 4. The number of ether oxygens (including phenoxy) is 2. The Morgan fingerprint density at radius 3 is 1.27 bits per heavy atom. The first-order valence-electron chi connectivity index (χ1n) is 10.7. The van der Waals surface area contributed by atoms with Gasteiger partial charge in [0.2, 0.25) is 0 Å². The third kappa shape index (κ3) is 15.2. The van der Waals surface area contributed by atoms with Crippen molar-refractivity contribution in [3.05, 3.63) is 49.2 Å². The summed E-state index contributed by atoms with van der Waals surface area (Å²) in [5.74, 6) is 1.09. The largest absolute Gasteiger partial charge is 3.00 e. The summed E-state index contributed by atoms with van der Waals surface area (Å²) in [4.78, 5) is 5.07. The van der Waals surface area contributed by atoms with Crippen LogP contribution in [0.2, 0.25) is 19.6 Å². The number of hydrogen-bond acceptors (Lipinski definition) is 2. The summed E-state index contributed by atoms with van der Waals surface area (Å²) in [6.45, 7) is 19.9. The normalized spacial score (nSPS) is 15.0. The van der Waals surface area contributed by atoms with Crippen molar-refractivity contribution in [2.75, 3.05) is 26.4 Å². The number of hydrogen-bond donors (Lipinski definition) is 0. The van der Waals surface area contributed by atoms with Crippen LogP contribution in [0, 0.1) is 51.7 Å². The van der Waals surface area contributed by atoms with E-state index in [4.69, 9.17) is 14.5 Å². The van der Waals surface area contributed by atoms with Gasteiger partial charge in [0.25, 0.3) is 0 Å². The van der Waals surface area contributed by atoms with Crippen molar-refractivity contribution < 1.29 is 46.3 Å². The van der Waals surface area contributed by atoms with Gasteiger partial charge >= 0.3 is 36.9 Å². The monoisotopic (exact) mass is 597 g/mol. The van der Waals surface area contributed by atoms with E-state index in [-0.39, 0.29) is 51.7 Å². The van der Waals surface area contributed by atoms with Crippen LogP contribution in [-0.2, 0) is 9.47 Å². The molecular formula is C25H48LuNO2Si. The second kappa shape index (κ2) is 18.9. The van der Waals surface area contributed by atoms with Crippen LogP contribution < -0.4 is 0 Å². The summed E-state index contributed by atoms with van der Waals surface area (Å²) >= 11 is 0. The molecule has 1 aromatic rings. The van der Waals surface area contributed by atoms with E-state index in [1.54, 1.807) is 0 Å². The first-order chi connectivity index (χ1) is 12.7. The minimum absolute atomic E-state index is 0. The van der Waals surface area contributed by atoms with Gasteiger partial charge in [0.15, 0.2) is 0 Å². The van der Waals surface area contributed by atoms with Crippen molar-refractivity contribution in [2.24, 2.45) is 0 Å². The fraction of sp³-hybridized carbons (Fsp3) is 0.680. The zero-order chi connectivity index (χ0) is 20.3. The Morgan fingerprint density at radius 2 is 1.07 bits per heavy atom. The molecule has 0 atom stereocenters. The summed E-state index contributed by atoms with van der Waals surface area (Å²) in [5, 5.41) is 0. The van der Waals surface area contributed by atoms with Gasteiger partial charge in [-0.25, -0.2) is 0 Å². The Morgan fingerprint density at radius 1 is 0.733 bits per heavy atom. The van der Waals surface area contributed by atoms with E-state index in [1.165, 1.54) is 42.5 Å². The van der Waals surface area contributed by atoms with E-state index in [0.29, 0.717) is 11.8 Å². The third-order valence-electron chi connectivity index (χ3n) is 4.44. The summed E-state index contributed by atoms with van der Waals surface area (Å²) < 4.78 is 9.89. The van der Waals surface area contributed by atoms with Crippen LogP contribution in [0.1, 0.15) is 76.3 Å². The van der Waals surface area contributed by atoms with E-state index in [1.807, 2.05) is 0 Å². The van der Waals surface area contributed by atoms with E-state index >= 15 is 0 Å². The van der Waals surface area contributed by atoms with Gasteiger partial charge in [0.1, 0.15) is 0 Å². The second-order valence-corrected chi connectivity index (χ2v) is 13.6. The zero-order valence-electron chi connectivity index (χ0n) is 21.1. The van der Waals surface area contributed by atoms with Crippen molar-refractivity contribution in [3.63, 3.8) is 0 Å². The number of benzene rings is 1. The van der Waals surface area contributed by atoms with E-state index in [9.17, 15) is 0 Å². The van der Waals surface area contributed by atoms with Crippen molar-refractivity contribution in [1.82, 2.24) is 0 Å². The van der Waals surface area contributed by atoms with E-state index in [2.05, 4.69) is 65.5 Å². The van der Waals surface area contributed by atoms with Crippen molar-refractivity contribution >= 4 is 13.9 Å². The van der Waals surface area contributed by atoms with Crippen LogP contribution in [0.4, 0.5) is 5.69 Å². The smallest absolute Gasteiger partial charge is 0.687 e. The molecule has 3 nitrogen and oxygen atoms in total. The average molecular weight is 598 g/mol. The maximum atomic E-state index is 5.07. The summed E-state index contributed by atoms with van der Waals surface area (Å²) in [6, 6.07) is 6.64. The minimum Gasteiger partial charge on any atom is -0.687 e. The zero-order valence-corrected chi connectivity index (χ0v) is 23.7. The molecule has 0 radical (unpaired) electrons. The molecule has 0 amide bonds. The minimum atomic E-state index is -1.43. The van der Waals surface area contributed by atoms with Crippen LogP contribution in [0.3, 0.4) is 0 Å². The molecule has 0 spiro atoms. The fourth-order valence-corrected chi connectivity index (χ4v) is 3.93. The third-order valence-corrected chi connectivity index (χ3v) is 5.34. The Bertz CT molecular complexity index is 471. The summed E-state index contributed by atoms with van der Waals surface area (Å²) in [6.07, 6.45) is 5.11. The van der Waals surface area contributed by atoms with Gasteiger partial charge in [-0.15, -0.1) is 5.69 Å². The second-order valence-electron chi connectivity index (χ2n) is 9.02. The molecule has 0 saturated carbocycles. The molecule has 2 heterocycles. The first-order valence-corrected chi connectivity index (χ1v) is 14.2. The van der Waals surface area contributed by atoms with Gasteiger partial charge in [-0.1, -0.05) is 76.7 Å². The van der Waals surface area contributed by atoms with Gasteiger partial charge in [0.05, 0.1) is 0 Å². The molecule has 0 bridgehead atoms. The van der Waals surface area contributed by atoms with Gasteiger partial charge in [0, 0.05) is 26.4 Å². The molecular weight excluding hydrogens is 549 g/mol. The van der Waals surface area contributed by atoms with Crippen molar-refractivity contribution in [3.8, 4) is 0 Å². The SMILES string of the molecule is C1CCOC1.C1CCOC1.CC(C)c1cccc(C(C)C)c1[N-][Si](C)(C)C.[CH3-].[CH3-].[Lu+3]. The average Bonchev–Trinajstić information content (AvgIpc) is 3.31. The molecule has 0 aromatic heterocycles. The molecule has 3 rings (SSSR count). The molecule has 0 aliphatic carbocycles. The quantitative estimate of drug-likeness (QED) is 0.259. The molecule has 1 aromatic carbocycles.